The number of carbonyl (C=O) groups is 2. The van der Waals surface area contributed by atoms with Gasteiger partial charge in [-0.2, -0.15) is 0 Å². The summed E-state index contributed by atoms with van der Waals surface area (Å²) in [6.07, 6.45) is -3.39. The summed E-state index contributed by atoms with van der Waals surface area (Å²) >= 11 is 0. The highest BCUT2D eigenvalue weighted by Gasteiger charge is 2.64. The molecule has 0 saturated heterocycles. The lowest BCUT2D eigenvalue weighted by molar-refractivity contribution is -0.179. The molecule has 1 aliphatic carbocycles. The first-order valence-corrected chi connectivity index (χ1v) is 8.27. The van der Waals surface area contributed by atoms with E-state index in [9.17, 15) is 24.9 Å². The Morgan fingerprint density at radius 2 is 1.81 bits per heavy atom. The molecule has 0 aromatic heterocycles. The van der Waals surface area contributed by atoms with Crippen LogP contribution in [0.5, 0.6) is 0 Å². The molecule has 1 fully saturated rings. The van der Waals surface area contributed by atoms with Crippen molar-refractivity contribution in [2.45, 2.75) is 31.0 Å². The topological polar surface area (TPSA) is 149 Å². The van der Waals surface area contributed by atoms with Crippen LogP contribution >= 0.6 is 0 Å². The number of hydrogen-bond donors (Lipinski definition) is 4. The van der Waals surface area contributed by atoms with Crippen LogP contribution < -0.4 is 5.73 Å². The third-order valence-electron chi connectivity index (χ3n) is 5.14. The largest absolute Gasteiger partial charge is 0.472 e. The molecule has 1 aliphatic heterocycles. The number of aliphatic hydroxyl groups excluding tert-OH is 2. The van der Waals surface area contributed by atoms with Gasteiger partial charge in [-0.15, -0.1) is 0 Å². The number of esters is 2. The highest BCUT2D eigenvalue weighted by atomic mass is 16.6. The van der Waals surface area contributed by atoms with E-state index < -0.39 is 47.9 Å². The van der Waals surface area contributed by atoms with Gasteiger partial charge in [0.1, 0.15) is 17.8 Å². The van der Waals surface area contributed by atoms with Crippen molar-refractivity contribution in [3.8, 4) is 0 Å². The van der Waals surface area contributed by atoms with E-state index in [0.29, 0.717) is 5.69 Å². The normalized spacial score (nSPS) is 34.9. The molecule has 1 unspecified atom stereocenters. The highest BCUT2D eigenvalue weighted by molar-refractivity contribution is 5.91. The van der Waals surface area contributed by atoms with Gasteiger partial charge in [0, 0.05) is 11.6 Å². The monoisotopic (exact) mass is 379 g/mol. The van der Waals surface area contributed by atoms with Crippen LogP contribution in [-0.4, -0.2) is 58.5 Å². The molecule has 6 atom stereocenters. The molecular formula is C18H21NO8. The number of nitrogen functional groups attached to an aromatic ring is 1. The molecule has 9 nitrogen and oxygen atoms in total. The summed E-state index contributed by atoms with van der Waals surface area (Å²) in [6.45, 7) is 1.28. The Balaban J connectivity index is 1.96. The first-order valence-electron chi connectivity index (χ1n) is 8.27. The van der Waals surface area contributed by atoms with Gasteiger partial charge in [0.2, 0.25) is 6.29 Å². The SMILES string of the molecule is COC(=O)C1=COC(O)[C@H]2[C@@H]1[C@H](OC(=O)c1ccc(N)cc1)[C@H](O)[C@]2(C)O. The van der Waals surface area contributed by atoms with Crippen molar-refractivity contribution < 1.29 is 39.1 Å². The second-order valence-corrected chi connectivity index (χ2v) is 6.81. The van der Waals surface area contributed by atoms with Gasteiger partial charge in [0.05, 0.1) is 30.4 Å². The first kappa shape index (κ1) is 19.2. The van der Waals surface area contributed by atoms with Gasteiger partial charge in [0.25, 0.3) is 0 Å². The number of ether oxygens (including phenoxy) is 3. The maximum absolute atomic E-state index is 12.5. The predicted molar refractivity (Wildman–Crippen MR) is 90.9 cm³/mol. The lowest BCUT2D eigenvalue weighted by atomic mass is 9.81. The number of carbonyl (C=O) groups excluding carboxylic acids is 2. The van der Waals surface area contributed by atoms with Crippen LogP contribution in [0.15, 0.2) is 36.1 Å². The number of fused-ring (bicyclic) bond motifs is 1. The van der Waals surface area contributed by atoms with Gasteiger partial charge >= 0.3 is 11.9 Å². The highest BCUT2D eigenvalue weighted by Crippen LogP contribution is 2.49. The average molecular weight is 379 g/mol. The number of anilines is 1. The van der Waals surface area contributed by atoms with Gasteiger partial charge in [-0.05, 0) is 31.2 Å². The Labute approximate surface area is 154 Å². The van der Waals surface area contributed by atoms with E-state index in [4.69, 9.17) is 19.9 Å². The predicted octanol–water partition coefficient (Wildman–Crippen LogP) is -0.442. The quantitative estimate of drug-likeness (QED) is 0.405. The summed E-state index contributed by atoms with van der Waals surface area (Å²) in [5.74, 6) is -3.70. The fraction of sp³-hybridized carbons (Fsp3) is 0.444. The Morgan fingerprint density at radius 3 is 2.41 bits per heavy atom. The Hall–Kier alpha value is -2.62. The number of hydrogen-bond acceptors (Lipinski definition) is 9. The van der Waals surface area contributed by atoms with E-state index in [1.165, 1.54) is 31.2 Å². The summed E-state index contributed by atoms with van der Waals surface area (Å²) in [4.78, 5) is 24.6. The summed E-state index contributed by atoms with van der Waals surface area (Å²) in [7, 11) is 1.15. The fourth-order valence-corrected chi connectivity index (χ4v) is 3.69. The van der Waals surface area contributed by atoms with Crippen molar-refractivity contribution in [1.29, 1.82) is 0 Å². The molecule has 0 amide bonds. The molecule has 1 aromatic carbocycles. The van der Waals surface area contributed by atoms with E-state index >= 15 is 0 Å². The maximum atomic E-state index is 12.5. The number of aliphatic hydroxyl groups is 3. The van der Waals surface area contributed by atoms with Crippen molar-refractivity contribution in [2.75, 3.05) is 12.8 Å². The number of nitrogens with two attached hydrogens (primary N) is 1. The van der Waals surface area contributed by atoms with Crippen LogP contribution in [0.4, 0.5) is 5.69 Å². The van der Waals surface area contributed by atoms with Crippen molar-refractivity contribution in [3.63, 3.8) is 0 Å². The number of methoxy groups -OCH3 is 1. The lowest BCUT2D eigenvalue weighted by Crippen LogP contribution is -2.48. The van der Waals surface area contributed by atoms with E-state index in [0.717, 1.165) is 13.4 Å². The minimum atomic E-state index is -1.89. The maximum Gasteiger partial charge on any atom is 0.338 e. The molecule has 0 radical (unpaired) electrons. The van der Waals surface area contributed by atoms with Crippen LogP contribution in [0.3, 0.4) is 0 Å². The lowest BCUT2D eigenvalue weighted by Gasteiger charge is -2.36. The molecule has 9 heteroatoms. The second-order valence-electron chi connectivity index (χ2n) is 6.81. The van der Waals surface area contributed by atoms with E-state index in [1.807, 2.05) is 0 Å². The zero-order valence-corrected chi connectivity index (χ0v) is 14.7. The van der Waals surface area contributed by atoms with E-state index in [2.05, 4.69) is 0 Å². The Kier molecular flexibility index (Phi) is 4.85. The van der Waals surface area contributed by atoms with Crippen LogP contribution in [0.1, 0.15) is 17.3 Å². The molecule has 0 spiro atoms. The molecular weight excluding hydrogens is 358 g/mol. The van der Waals surface area contributed by atoms with Crippen molar-refractivity contribution in [2.24, 2.45) is 11.8 Å². The minimum absolute atomic E-state index is 0.0558. The van der Waals surface area contributed by atoms with Crippen LogP contribution in [-0.2, 0) is 19.0 Å². The summed E-state index contributed by atoms with van der Waals surface area (Å²) in [6, 6.07) is 5.92. The Morgan fingerprint density at radius 1 is 1.19 bits per heavy atom. The fourth-order valence-electron chi connectivity index (χ4n) is 3.69. The summed E-state index contributed by atoms with van der Waals surface area (Å²) < 4.78 is 15.2. The molecule has 146 valence electrons. The van der Waals surface area contributed by atoms with Gasteiger partial charge in [-0.25, -0.2) is 9.59 Å². The molecule has 1 aromatic rings. The standard InChI is InChI=1S/C18H21NO8/c1-18(24)12-11(10(16(22)25-2)7-26-17(12)23)13(14(18)20)27-15(21)8-3-5-9(19)6-4-8/h3-7,11-14,17,20,23-24H,19H2,1-2H3/t11-,12-,13+,14+,17?,18-/m1/s1. The van der Waals surface area contributed by atoms with E-state index in [-0.39, 0.29) is 11.1 Å². The first-order chi connectivity index (χ1) is 12.7. The molecule has 1 heterocycles. The number of rotatable bonds is 3. The molecule has 3 rings (SSSR count). The Bertz CT molecular complexity index is 772. The van der Waals surface area contributed by atoms with Crippen molar-refractivity contribution >= 4 is 17.6 Å². The zero-order valence-electron chi connectivity index (χ0n) is 14.7. The van der Waals surface area contributed by atoms with E-state index in [1.54, 1.807) is 0 Å². The second kappa shape index (κ2) is 6.84. The molecule has 1 saturated carbocycles. The van der Waals surface area contributed by atoms with Gasteiger partial charge in [-0.1, -0.05) is 0 Å². The summed E-state index contributed by atoms with van der Waals surface area (Å²) in [5.41, 5.74) is 4.28. The van der Waals surface area contributed by atoms with Crippen molar-refractivity contribution in [1.82, 2.24) is 0 Å². The molecule has 2 aliphatic rings. The molecule has 0 bridgehead atoms. The third-order valence-corrected chi connectivity index (χ3v) is 5.14. The van der Waals surface area contributed by atoms with Gasteiger partial charge < -0.3 is 35.3 Å². The molecule has 27 heavy (non-hydrogen) atoms. The van der Waals surface area contributed by atoms with Crippen LogP contribution in [0, 0.1) is 11.8 Å². The van der Waals surface area contributed by atoms with Gasteiger partial charge in [0.15, 0.2) is 0 Å². The minimum Gasteiger partial charge on any atom is -0.472 e. The van der Waals surface area contributed by atoms with Crippen LogP contribution in [0.25, 0.3) is 0 Å². The third kappa shape index (κ3) is 3.14. The average Bonchev–Trinajstić information content (AvgIpc) is 2.83. The zero-order chi connectivity index (χ0) is 19.9. The number of benzene rings is 1. The summed E-state index contributed by atoms with van der Waals surface area (Å²) in [5, 5.41) is 31.5. The molecule has 5 N–H and O–H groups in total. The smallest absolute Gasteiger partial charge is 0.338 e. The van der Waals surface area contributed by atoms with Gasteiger partial charge in [-0.3, -0.25) is 0 Å². The van der Waals surface area contributed by atoms with Crippen molar-refractivity contribution in [3.05, 3.63) is 41.7 Å². The van der Waals surface area contributed by atoms with Crippen LogP contribution in [0.2, 0.25) is 0 Å².